The lowest BCUT2D eigenvalue weighted by Gasteiger charge is -2.18. The molecule has 11 heavy (non-hydrogen) atoms. The Hall–Kier alpha value is -1.19. The van der Waals surface area contributed by atoms with Crippen LogP contribution < -0.4 is 11.1 Å². The molecule has 0 aromatic carbocycles. The maximum Gasteiger partial charge on any atom is 0.312 e. The predicted octanol–water partition coefficient (Wildman–Crippen LogP) is 0.346. The molecule has 0 radical (unpaired) electrons. The second kappa shape index (κ2) is 3.27. The molecule has 3 N–H and O–H groups in total. The van der Waals surface area contributed by atoms with Crippen LogP contribution in [0.1, 0.15) is 13.3 Å². The molecule has 0 aliphatic carbocycles. The average Bonchev–Trinajstić information content (AvgIpc) is 2.35. The summed E-state index contributed by atoms with van der Waals surface area (Å²) < 4.78 is 5.16. The maximum absolute atomic E-state index is 10.4. The molecule has 1 aliphatic heterocycles. The molecule has 1 rings (SSSR count). The van der Waals surface area contributed by atoms with Crippen molar-refractivity contribution in [2.45, 2.75) is 25.5 Å². The summed E-state index contributed by atoms with van der Waals surface area (Å²) in [4.78, 5) is 10.4. The SMILES string of the molecule is CC(NC(N)=O)C1CC=CO1. The molecule has 4 heteroatoms. The van der Waals surface area contributed by atoms with Gasteiger partial charge in [-0.3, -0.25) is 0 Å². The lowest BCUT2D eigenvalue weighted by molar-refractivity contribution is 0.136. The molecule has 4 nitrogen and oxygen atoms in total. The minimum atomic E-state index is -0.506. The van der Waals surface area contributed by atoms with Crippen molar-refractivity contribution >= 4 is 6.03 Å². The Morgan fingerprint density at radius 1 is 1.91 bits per heavy atom. The largest absolute Gasteiger partial charge is 0.496 e. The number of carbonyl (C=O) groups excluding carboxylic acids is 1. The van der Waals surface area contributed by atoms with E-state index < -0.39 is 6.03 Å². The topological polar surface area (TPSA) is 64.3 Å². The van der Waals surface area contributed by atoms with E-state index in [9.17, 15) is 4.79 Å². The third-order valence-corrected chi connectivity index (χ3v) is 1.65. The van der Waals surface area contributed by atoms with Gasteiger partial charge >= 0.3 is 6.03 Å². The Morgan fingerprint density at radius 2 is 2.64 bits per heavy atom. The lowest BCUT2D eigenvalue weighted by Crippen LogP contribution is -2.43. The highest BCUT2D eigenvalue weighted by molar-refractivity contribution is 5.71. The zero-order valence-corrected chi connectivity index (χ0v) is 6.41. The molecule has 2 unspecified atom stereocenters. The van der Waals surface area contributed by atoms with Crippen LogP contribution in [-0.2, 0) is 4.74 Å². The Bertz CT molecular complexity index is 171. The molecule has 0 bridgehead atoms. The van der Waals surface area contributed by atoms with Gasteiger partial charge < -0.3 is 15.8 Å². The van der Waals surface area contributed by atoms with Crippen molar-refractivity contribution < 1.29 is 9.53 Å². The quantitative estimate of drug-likeness (QED) is 0.605. The number of ether oxygens (including phenoxy) is 1. The molecular formula is C7H12N2O2. The van der Waals surface area contributed by atoms with Crippen molar-refractivity contribution in [3.8, 4) is 0 Å². The molecular weight excluding hydrogens is 144 g/mol. The number of nitrogens with one attached hydrogen (secondary N) is 1. The predicted molar refractivity (Wildman–Crippen MR) is 40.8 cm³/mol. The van der Waals surface area contributed by atoms with E-state index in [1.807, 2.05) is 13.0 Å². The third-order valence-electron chi connectivity index (χ3n) is 1.65. The molecule has 1 heterocycles. The summed E-state index contributed by atoms with van der Waals surface area (Å²) in [6, 6.07) is -0.532. The van der Waals surface area contributed by atoms with Crippen molar-refractivity contribution in [2.24, 2.45) is 5.73 Å². The number of rotatable bonds is 2. The molecule has 2 atom stereocenters. The van der Waals surface area contributed by atoms with E-state index in [0.717, 1.165) is 6.42 Å². The van der Waals surface area contributed by atoms with Crippen LogP contribution in [0.25, 0.3) is 0 Å². The fourth-order valence-electron chi connectivity index (χ4n) is 1.04. The lowest BCUT2D eigenvalue weighted by atomic mass is 10.1. The summed E-state index contributed by atoms with van der Waals surface area (Å²) in [5.74, 6) is 0. The van der Waals surface area contributed by atoms with Crippen molar-refractivity contribution in [3.05, 3.63) is 12.3 Å². The molecule has 0 aromatic rings. The van der Waals surface area contributed by atoms with Crippen LogP contribution in [0, 0.1) is 0 Å². The van der Waals surface area contributed by atoms with Crippen LogP contribution in [0.4, 0.5) is 4.79 Å². The Balaban J connectivity index is 2.29. The standard InChI is InChI=1S/C7H12N2O2/c1-5(9-7(8)10)6-3-2-4-11-6/h2,4-6H,3H2,1H3,(H3,8,9,10). The first-order chi connectivity index (χ1) is 5.20. The van der Waals surface area contributed by atoms with E-state index in [1.54, 1.807) is 6.26 Å². The zero-order valence-electron chi connectivity index (χ0n) is 6.41. The Labute approximate surface area is 65.4 Å². The number of hydrogen-bond donors (Lipinski definition) is 2. The number of amides is 2. The highest BCUT2D eigenvalue weighted by atomic mass is 16.5. The molecule has 2 amide bonds. The smallest absolute Gasteiger partial charge is 0.312 e. The molecule has 0 fully saturated rings. The van der Waals surface area contributed by atoms with Crippen LogP contribution in [-0.4, -0.2) is 18.2 Å². The van der Waals surface area contributed by atoms with Crippen molar-refractivity contribution in [3.63, 3.8) is 0 Å². The van der Waals surface area contributed by atoms with Crippen molar-refractivity contribution in [1.82, 2.24) is 5.32 Å². The van der Waals surface area contributed by atoms with Gasteiger partial charge in [-0.15, -0.1) is 0 Å². The zero-order chi connectivity index (χ0) is 8.27. The second-order valence-corrected chi connectivity index (χ2v) is 2.58. The maximum atomic E-state index is 10.4. The average molecular weight is 156 g/mol. The van der Waals surface area contributed by atoms with Gasteiger partial charge in [-0.25, -0.2) is 4.79 Å². The van der Waals surface area contributed by atoms with Crippen molar-refractivity contribution in [2.75, 3.05) is 0 Å². The number of nitrogens with two attached hydrogens (primary N) is 1. The van der Waals surface area contributed by atoms with Gasteiger partial charge in [0.2, 0.25) is 0 Å². The highest BCUT2D eigenvalue weighted by Gasteiger charge is 2.19. The van der Waals surface area contributed by atoms with E-state index in [4.69, 9.17) is 10.5 Å². The summed E-state index contributed by atoms with van der Waals surface area (Å²) >= 11 is 0. The fraction of sp³-hybridized carbons (Fsp3) is 0.571. The van der Waals surface area contributed by atoms with Gasteiger partial charge in [0.15, 0.2) is 0 Å². The van der Waals surface area contributed by atoms with Gasteiger partial charge in [0.25, 0.3) is 0 Å². The molecule has 0 saturated heterocycles. The fourth-order valence-corrected chi connectivity index (χ4v) is 1.04. The van der Waals surface area contributed by atoms with E-state index in [2.05, 4.69) is 5.32 Å². The van der Waals surface area contributed by atoms with Gasteiger partial charge in [-0.05, 0) is 13.0 Å². The number of carbonyl (C=O) groups is 1. The van der Waals surface area contributed by atoms with E-state index >= 15 is 0 Å². The van der Waals surface area contributed by atoms with Crippen LogP contribution in [0.3, 0.4) is 0 Å². The van der Waals surface area contributed by atoms with E-state index in [0.29, 0.717) is 0 Å². The normalized spacial score (nSPS) is 24.3. The summed E-state index contributed by atoms with van der Waals surface area (Å²) in [5, 5.41) is 2.56. The van der Waals surface area contributed by atoms with Gasteiger partial charge in [-0.2, -0.15) is 0 Å². The van der Waals surface area contributed by atoms with Gasteiger partial charge in [0, 0.05) is 6.42 Å². The van der Waals surface area contributed by atoms with E-state index in [1.165, 1.54) is 0 Å². The number of hydrogen-bond acceptors (Lipinski definition) is 2. The summed E-state index contributed by atoms with van der Waals surface area (Å²) in [6.45, 7) is 1.86. The van der Waals surface area contributed by atoms with Crippen LogP contribution in [0.15, 0.2) is 12.3 Å². The summed E-state index contributed by atoms with van der Waals surface area (Å²) in [6.07, 6.45) is 4.44. The molecule has 62 valence electrons. The van der Waals surface area contributed by atoms with Gasteiger partial charge in [0.05, 0.1) is 12.3 Å². The van der Waals surface area contributed by atoms with Crippen LogP contribution in [0.2, 0.25) is 0 Å². The van der Waals surface area contributed by atoms with Crippen LogP contribution in [0.5, 0.6) is 0 Å². The van der Waals surface area contributed by atoms with Gasteiger partial charge in [0.1, 0.15) is 6.10 Å². The Morgan fingerprint density at radius 3 is 3.09 bits per heavy atom. The number of primary amides is 1. The minimum absolute atomic E-state index is 0.0255. The number of urea groups is 1. The molecule has 0 spiro atoms. The minimum Gasteiger partial charge on any atom is -0.496 e. The van der Waals surface area contributed by atoms with Crippen molar-refractivity contribution in [1.29, 1.82) is 0 Å². The summed E-state index contributed by atoms with van der Waals surface area (Å²) in [5.41, 5.74) is 4.93. The first-order valence-electron chi connectivity index (χ1n) is 3.56. The third kappa shape index (κ3) is 2.14. The van der Waals surface area contributed by atoms with Crippen LogP contribution >= 0.6 is 0 Å². The molecule has 1 aliphatic rings. The Kier molecular flexibility index (Phi) is 2.36. The second-order valence-electron chi connectivity index (χ2n) is 2.58. The first-order valence-corrected chi connectivity index (χ1v) is 3.56. The van der Waals surface area contributed by atoms with Gasteiger partial charge in [-0.1, -0.05) is 0 Å². The first kappa shape index (κ1) is 7.91. The molecule has 0 saturated carbocycles. The highest BCUT2D eigenvalue weighted by Crippen LogP contribution is 2.12. The van der Waals surface area contributed by atoms with E-state index in [-0.39, 0.29) is 12.1 Å². The monoisotopic (exact) mass is 156 g/mol. The molecule has 0 aromatic heterocycles. The summed E-state index contributed by atoms with van der Waals surface area (Å²) in [7, 11) is 0.